The number of hydrogen-bond acceptors (Lipinski definition) is 1. The van der Waals surface area contributed by atoms with Crippen molar-refractivity contribution in [1.82, 2.24) is 0 Å². The first-order chi connectivity index (χ1) is 20.7. The van der Waals surface area contributed by atoms with Crippen LogP contribution in [0.25, 0.3) is 54.9 Å². The Hall–Kier alpha value is -5.27. The van der Waals surface area contributed by atoms with Crippen LogP contribution >= 0.6 is 0 Å². The molecule has 7 aromatic rings. The van der Waals surface area contributed by atoms with Crippen molar-refractivity contribution in [3.63, 3.8) is 0 Å². The topological polar surface area (TPSA) is 12.4 Å². The second kappa shape index (κ2) is 11.0. The Morgan fingerprint density at radius 2 is 0.905 bits per heavy atom. The van der Waals surface area contributed by atoms with E-state index in [0.29, 0.717) is 0 Å². The molecule has 0 N–H and O–H groups in total. The van der Waals surface area contributed by atoms with Crippen LogP contribution in [0, 0.1) is 6.92 Å². The average Bonchev–Trinajstić information content (AvgIpc) is 3.05. The second-order valence-corrected chi connectivity index (χ2v) is 10.9. The molecule has 1 nitrogen and oxygen atoms in total. The lowest BCUT2D eigenvalue weighted by molar-refractivity contribution is 1.38. The Labute approximate surface area is 247 Å². The molecule has 0 aromatic heterocycles. The molecule has 0 aliphatic heterocycles. The summed E-state index contributed by atoms with van der Waals surface area (Å²) in [5.41, 5.74) is 11.7. The zero-order valence-corrected chi connectivity index (χ0v) is 23.9. The number of aryl methyl sites for hydroxylation is 1. The van der Waals surface area contributed by atoms with Crippen molar-refractivity contribution >= 4 is 32.9 Å². The van der Waals surface area contributed by atoms with Crippen LogP contribution in [0.3, 0.4) is 0 Å². The number of aliphatic imine (C=N–C) groups is 1. The maximum Gasteiger partial charge on any atom is 0.0668 e. The first-order valence-corrected chi connectivity index (χ1v) is 14.5. The summed E-state index contributed by atoms with van der Waals surface area (Å²) in [5, 5.41) is 5.04. The van der Waals surface area contributed by atoms with Gasteiger partial charge in [-0.3, -0.25) is 4.99 Å². The molecule has 0 amide bonds. The van der Waals surface area contributed by atoms with Crippen molar-refractivity contribution in [1.29, 1.82) is 0 Å². The predicted molar refractivity (Wildman–Crippen MR) is 181 cm³/mol. The molecule has 0 spiro atoms. The van der Waals surface area contributed by atoms with Gasteiger partial charge in [-0.25, -0.2) is 0 Å². The quantitative estimate of drug-likeness (QED) is 0.153. The van der Waals surface area contributed by atoms with E-state index in [1.165, 1.54) is 49.4 Å². The van der Waals surface area contributed by atoms with Crippen molar-refractivity contribution in [3.8, 4) is 33.4 Å². The number of hydrogen-bond donors (Lipinski definition) is 0. The highest BCUT2D eigenvalue weighted by molar-refractivity contribution is 6.22. The van der Waals surface area contributed by atoms with Crippen molar-refractivity contribution in [2.24, 2.45) is 4.99 Å². The Morgan fingerprint density at radius 1 is 0.429 bits per heavy atom. The molecular formula is C41H31N. The zero-order chi connectivity index (χ0) is 28.5. The zero-order valence-electron chi connectivity index (χ0n) is 23.9. The van der Waals surface area contributed by atoms with E-state index in [4.69, 9.17) is 4.99 Å². The van der Waals surface area contributed by atoms with E-state index >= 15 is 0 Å². The summed E-state index contributed by atoms with van der Waals surface area (Å²) < 4.78 is 0. The van der Waals surface area contributed by atoms with Crippen LogP contribution in [0.2, 0.25) is 0 Å². The molecule has 0 aliphatic carbocycles. The molecule has 0 aliphatic rings. The molecule has 0 fully saturated rings. The fraction of sp³-hybridized carbons (Fsp3) is 0.0488. The summed E-state index contributed by atoms with van der Waals surface area (Å²) in [4.78, 5) is 5.05. The maximum atomic E-state index is 5.05. The van der Waals surface area contributed by atoms with Gasteiger partial charge in [0.1, 0.15) is 0 Å². The fourth-order valence-electron chi connectivity index (χ4n) is 6.02. The molecule has 0 saturated heterocycles. The molecule has 0 saturated carbocycles. The number of nitrogens with zero attached hydrogens (tertiary/aromatic N) is 1. The molecule has 0 unspecified atom stereocenters. The summed E-state index contributed by atoms with van der Waals surface area (Å²) >= 11 is 0. The lowest BCUT2D eigenvalue weighted by Crippen LogP contribution is -1.94. The average molecular weight is 538 g/mol. The molecule has 7 rings (SSSR count). The maximum absolute atomic E-state index is 5.05. The third-order valence-electron chi connectivity index (χ3n) is 8.17. The van der Waals surface area contributed by atoms with Crippen LogP contribution in [0.1, 0.15) is 18.1 Å². The first-order valence-electron chi connectivity index (χ1n) is 14.5. The van der Waals surface area contributed by atoms with Crippen molar-refractivity contribution in [2.75, 3.05) is 0 Å². The Morgan fingerprint density at radius 3 is 1.52 bits per heavy atom. The first kappa shape index (κ1) is 25.7. The molecule has 1 heteroatoms. The standard InChI is InChI=1S/C41H31N/c1-28-22-23-34(27-39(28)42-29(2)30-14-6-3-7-15-30)33-24-25-37-38(26-33)41(32-18-10-5-11-19-32)36-21-13-12-20-35(36)40(37)31-16-8-4-9-17-31/h3-27H,1-2H3. The van der Waals surface area contributed by atoms with E-state index in [2.05, 4.69) is 159 Å². The highest BCUT2D eigenvalue weighted by atomic mass is 14.7. The van der Waals surface area contributed by atoms with E-state index in [-0.39, 0.29) is 0 Å². The molecule has 0 heterocycles. The van der Waals surface area contributed by atoms with Gasteiger partial charge in [0.2, 0.25) is 0 Å². The van der Waals surface area contributed by atoms with Gasteiger partial charge in [0.05, 0.1) is 5.69 Å². The number of fused-ring (bicyclic) bond motifs is 2. The van der Waals surface area contributed by atoms with Crippen LogP contribution < -0.4 is 0 Å². The minimum Gasteiger partial charge on any atom is -0.253 e. The predicted octanol–water partition coefficient (Wildman–Crippen LogP) is 11.4. The molecule has 7 aromatic carbocycles. The minimum atomic E-state index is 1.00. The lowest BCUT2D eigenvalue weighted by Gasteiger charge is -2.19. The van der Waals surface area contributed by atoms with E-state index in [1.807, 2.05) is 6.07 Å². The molecular weight excluding hydrogens is 506 g/mol. The molecule has 42 heavy (non-hydrogen) atoms. The third kappa shape index (κ3) is 4.70. The fourth-order valence-corrected chi connectivity index (χ4v) is 6.02. The van der Waals surface area contributed by atoms with Gasteiger partial charge in [0.15, 0.2) is 0 Å². The van der Waals surface area contributed by atoms with Gasteiger partial charge in [-0.15, -0.1) is 0 Å². The van der Waals surface area contributed by atoms with Gasteiger partial charge in [-0.05, 0) is 92.0 Å². The summed E-state index contributed by atoms with van der Waals surface area (Å²) in [6.45, 7) is 4.22. The van der Waals surface area contributed by atoms with Crippen molar-refractivity contribution in [3.05, 3.63) is 163 Å². The van der Waals surface area contributed by atoms with Crippen LogP contribution in [0.5, 0.6) is 0 Å². The summed E-state index contributed by atoms with van der Waals surface area (Å²) in [7, 11) is 0. The van der Waals surface area contributed by atoms with Gasteiger partial charge in [0.25, 0.3) is 0 Å². The Kier molecular flexibility index (Phi) is 6.70. The number of rotatable bonds is 5. The van der Waals surface area contributed by atoms with Gasteiger partial charge in [-0.2, -0.15) is 0 Å². The number of benzene rings is 7. The van der Waals surface area contributed by atoms with E-state index in [1.54, 1.807) is 0 Å². The Bertz CT molecular complexity index is 2070. The van der Waals surface area contributed by atoms with E-state index < -0.39 is 0 Å². The molecule has 200 valence electrons. The van der Waals surface area contributed by atoms with Gasteiger partial charge in [0, 0.05) is 5.71 Å². The minimum absolute atomic E-state index is 1.00. The van der Waals surface area contributed by atoms with Crippen LogP contribution in [0.4, 0.5) is 5.69 Å². The monoisotopic (exact) mass is 537 g/mol. The van der Waals surface area contributed by atoms with Crippen LogP contribution in [-0.4, -0.2) is 5.71 Å². The largest absolute Gasteiger partial charge is 0.253 e. The SMILES string of the molecule is CC(=Nc1cc(-c2ccc3c(-c4ccccc4)c4ccccc4c(-c4ccccc4)c3c2)ccc1C)c1ccccc1. The highest BCUT2D eigenvalue weighted by Gasteiger charge is 2.17. The van der Waals surface area contributed by atoms with Gasteiger partial charge >= 0.3 is 0 Å². The van der Waals surface area contributed by atoms with Gasteiger partial charge in [-0.1, -0.05) is 140 Å². The van der Waals surface area contributed by atoms with Crippen molar-refractivity contribution < 1.29 is 0 Å². The molecule has 0 atom stereocenters. The van der Waals surface area contributed by atoms with Crippen molar-refractivity contribution in [2.45, 2.75) is 13.8 Å². The van der Waals surface area contributed by atoms with Gasteiger partial charge < -0.3 is 0 Å². The van der Waals surface area contributed by atoms with E-state index in [0.717, 1.165) is 28.1 Å². The normalized spacial score (nSPS) is 11.7. The summed E-state index contributed by atoms with van der Waals surface area (Å²) in [6, 6.07) is 54.4. The highest BCUT2D eigenvalue weighted by Crippen LogP contribution is 2.44. The van der Waals surface area contributed by atoms with Crippen LogP contribution in [0.15, 0.2) is 157 Å². The Balaban J connectivity index is 1.48. The third-order valence-corrected chi connectivity index (χ3v) is 8.17. The summed E-state index contributed by atoms with van der Waals surface area (Å²) in [5.74, 6) is 0. The lowest BCUT2D eigenvalue weighted by atomic mass is 9.85. The second-order valence-electron chi connectivity index (χ2n) is 10.9. The van der Waals surface area contributed by atoms with Crippen LogP contribution in [-0.2, 0) is 0 Å². The molecule has 0 radical (unpaired) electrons. The summed E-state index contributed by atoms with van der Waals surface area (Å²) in [6.07, 6.45) is 0. The van der Waals surface area contributed by atoms with E-state index in [9.17, 15) is 0 Å². The molecule has 0 bridgehead atoms. The smallest absolute Gasteiger partial charge is 0.0668 e.